The van der Waals surface area contributed by atoms with E-state index >= 15 is 0 Å². The molecule has 0 aromatic carbocycles. The molecule has 0 radical (unpaired) electrons. The maximum absolute atomic E-state index is 11.8. The van der Waals surface area contributed by atoms with Gasteiger partial charge < -0.3 is 14.8 Å². The summed E-state index contributed by atoms with van der Waals surface area (Å²) in [6, 6.07) is -0.261. The number of ether oxygens (including phenoxy) is 2. The van der Waals surface area contributed by atoms with Crippen LogP contribution in [0.3, 0.4) is 0 Å². The van der Waals surface area contributed by atoms with Gasteiger partial charge in [0.25, 0.3) is 0 Å². The van der Waals surface area contributed by atoms with Crippen LogP contribution in [0.5, 0.6) is 0 Å². The molecule has 92 valence electrons. The van der Waals surface area contributed by atoms with E-state index in [0.29, 0.717) is 6.61 Å². The van der Waals surface area contributed by atoms with Crippen LogP contribution in [-0.4, -0.2) is 37.9 Å². The SMILES string of the molecule is CCOC(=O)C(NCC1CC1)C1CCCO1. The quantitative estimate of drug-likeness (QED) is 0.690. The predicted octanol–water partition coefficient (Wildman–Crippen LogP) is 1.10. The number of carbonyl (C=O) groups excluding carboxylic acids is 1. The zero-order valence-electron chi connectivity index (χ0n) is 9.91. The monoisotopic (exact) mass is 227 g/mol. The highest BCUT2D eigenvalue weighted by Crippen LogP contribution is 2.28. The van der Waals surface area contributed by atoms with E-state index in [9.17, 15) is 4.79 Å². The van der Waals surface area contributed by atoms with Crippen molar-refractivity contribution in [2.45, 2.75) is 44.8 Å². The fourth-order valence-electron chi connectivity index (χ4n) is 2.08. The van der Waals surface area contributed by atoms with Crippen LogP contribution in [-0.2, 0) is 14.3 Å². The fourth-order valence-corrected chi connectivity index (χ4v) is 2.08. The van der Waals surface area contributed by atoms with Crippen LogP contribution in [0, 0.1) is 5.92 Å². The number of esters is 1. The van der Waals surface area contributed by atoms with E-state index in [0.717, 1.165) is 31.9 Å². The van der Waals surface area contributed by atoms with Crippen molar-refractivity contribution in [3.8, 4) is 0 Å². The highest BCUT2D eigenvalue weighted by Gasteiger charge is 2.34. The molecule has 1 N–H and O–H groups in total. The van der Waals surface area contributed by atoms with Crippen LogP contribution >= 0.6 is 0 Å². The molecule has 2 fully saturated rings. The summed E-state index contributed by atoms with van der Waals surface area (Å²) in [5.41, 5.74) is 0. The molecule has 0 spiro atoms. The molecule has 1 saturated carbocycles. The molecule has 0 bridgehead atoms. The van der Waals surface area contributed by atoms with Crippen LogP contribution < -0.4 is 5.32 Å². The third kappa shape index (κ3) is 3.19. The summed E-state index contributed by atoms with van der Waals surface area (Å²) in [5, 5.41) is 3.31. The van der Waals surface area contributed by atoms with Gasteiger partial charge in [-0.25, -0.2) is 0 Å². The lowest BCUT2D eigenvalue weighted by atomic mass is 10.1. The molecule has 0 aromatic heterocycles. The number of rotatable bonds is 6. The van der Waals surface area contributed by atoms with Gasteiger partial charge in [-0.05, 0) is 45.1 Å². The lowest BCUT2D eigenvalue weighted by Crippen LogP contribution is -2.47. The number of hydrogen-bond donors (Lipinski definition) is 1. The van der Waals surface area contributed by atoms with Gasteiger partial charge in [-0.15, -0.1) is 0 Å². The molecule has 0 amide bonds. The topological polar surface area (TPSA) is 47.6 Å². The molecular weight excluding hydrogens is 206 g/mol. The molecule has 2 atom stereocenters. The van der Waals surface area contributed by atoms with E-state index in [1.807, 2.05) is 6.92 Å². The first kappa shape index (κ1) is 11.9. The summed E-state index contributed by atoms with van der Waals surface area (Å²) < 4.78 is 10.7. The van der Waals surface area contributed by atoms with Gasteiger partial charge in [-0.2, -0.15) is 0 Å². The molecule has 1 aliphatic heterocycles. The van der Waals surface area contributed by atoms with Crippen molar-refractivity contribution in [1.82, 2.24) is 5.32 Å². The Morgan fingerprint density at radius 2 is 2.31 bits per heavy atom. The zero-order chi connectivity index (χ0) is 11.4. The number of carbonyl (C=O) groups is 1. The van der Waals surface area contributed by atoms with Crippen molar-refractivity contribution in [1.29, 1.82) is 0 Å². The maximum atomic E-state index is 11.8. The van der Waals surface area contributed by atoms with Crippen LogP contribution in [0.1, 0.15) is 32.6 Å². The van der Waals surface area contributed by atoms with Gasteiger partial charge in [0, 0.05) is 6.61 Å². The number of hydrogen-bond acceptors (Lipinski definition) is 4. The third-order valence-electron chi connectivity index (χ3n) is 3.20. The van der Waals surface area contributed by atoms with E-state index in [1.165, 1.54) is 12.8 Å². The first-order valence-electron chi connectivity index (χ1n) is 6.33. The minimum Gasteiger partial charge on any atom is -0.465 e. The maximum Gasteiger partial charge on any atom is 0.325 e. The minimum atomic E-state index is -0.261. The smallest absolute Gasteiger partial charge is 0.325 e. The Hall–Kier alpha value is -0.610. The summed E-state index contributed by atoms with van der Waals surface area (Å²) >= 11 is 0. The Kier molecular flexibility index (Phi) is 4.18. The Morgan fingerprint density at radius 3 is 2.88 bits per heavy atom. The van der Waals surface area contributed by atoms with Crippen molar-refractivity contribution < 1.29 is 14.3 Å². The number of nitrogens with one attached hydrogen (secondary N) is 1. The van der Waals surface area contributed by atoms with Crippen molar-refractivity contribution in [2.24, 2.45) is 5.92 Å². The highest BCUT2D eigenvalue weighted by molar-refractivity contribution is 5.76. The zero-order valence-corrected chi connectivity index (χ0v) is 9.91. The second-order valence-corrected chi connectivity index (χ2v) is 4.63. The first-order valence-corrected chi connectivity index (χ1v) is 6.33. The van der Waals surface area contributed by atoms with Gasteiger partial charge in [0.15, 0.2) is 0 Å². The largest absolute Gasteiger partial charge is 0.465 e. The normalized spacial score (nSPS) is 26.7. The molecule has 1 aliphatic carbocycles. The average molecular weight is 227 g/mol. The van der Waals surface area contributed by atoms with Crippen molar-refractivity contribution in [3.63, 3.8) is 0 Å². The van der Waals surface area contributed by atoms with E-state index in [-0.39, 0.29) is 18.1 Å². The predicted molar refractivity (Wildman–Crippen MR) is 60.1 cm³/mol. The fraction of sp³-hybridized carbons (Fsp3) is 0.917. The lowest BCUT2D eigenvalue weighted by molar-refractivity contribution is -0.149. The molecule has 2 rings (SSSR count). The van der Waals surface area contributed by atoms with Gasteiger partial charge in [0.2, 0.25) is 0 Å². The van der Waals surface area contributed by atoms with Crippen molar-refractivity contribution in [3.05, 3.63) is 0 Å². The van der Waals surface area contributed by atoms with E-state index in [2.05, 4.69) is 5.32 Å². The molecule has 4 heteroatoms. The molecule has 2 unspecified atom stereocenters. The Balaban J connectivity index is 1.84. The molecular formula is C12H21NO3. The van der Waals surface area contributed by atoms with Crippen LogP contribution in [0.15, 0.2) is 0 Å². The average Bonchev–Trinajstić information content (AvgIpc) is 2.93. The van der Waals surface area contributed by atoms with Gasteiger partial charge in [0.05, 0.1) is 12.7 Å². The van der Waals surface area contributed by atoms with Crippen molar-refractivity contribution in [2.75, 3.05) is 19.8 Å². The van der Waals surface area contributed by atoms with Crippen molar-refractivity contribution >= 4 is 5.97 Å². The standard InChI is InChI=1S/C12H21NO3/c1-2-15-12(14)11(10-4-3-7-16-10)13-8-9-5-6-9/h9-11,13H,2-8H2,1H3. The van der Waals surface area contributed by atoms with Gasteiger partial charge >= 0.3 is 5.97 Å². The molecule has 1 saturated heterocycles. The van der Waals surface area contributed by atoms with Crippen LogP contribution in [0.25, 0.3) is 0 Å². The Morgan fingerprint density at radius 1 is 1.50 bits per heavy atom. The summed E-state index contributed by atoms with van der Waals surface area (Å²) in [7, 11) is 0. The summed E-state index contributed by atoms with van der Waals surface area (Å²) in [4.78, 5) is 11.8. The van der Waals surface area contributed by atoms with Gasteiger partial charge in [-0.3, -0.25) is 4.79 Å². The first-order chi connectivity index (χ1) is 7.81. The highest BCUT2D eigenvalue weighted by atomic mass is 16.5. The van der Waals surface area contributed by atoms with E-state index < -0.39 is 0 Å². The summed E-state index contributed by atoms with van der Waals surface area (Å²) in [5.74, 6) is 0.605. The Labute approximate surface area is 96.7 Å². The minimum absolute atomic E-state index is 0.0119. The third-order valence-corrected chi connectivity index (χ3v) is 3.20. The van der Waals surface area contributed by atoms with Gasteiger partial charge in [0.1, 0.15) is 6.04 Å². The lowest BCUT2D eigenvalue weighted by Gasteiger charge is -2.22. The molecule has 1 heterocycles. The Bertz CT molecular complexity index is 234. The van der Waals surface area contributed by atoms with Gasteiger partial charge in [-0.1, -0.05) is 0 Å². The second-order valence-electron chi connectivity index (χ2n) is 4.63. The summed E-state index contributed by atoms with van der Waals surface area (Å²) in [6.45, 7) is 3.97. The molecule has 16 heavy (non-hydrogen) atoms. The van der Waals surface area contributed by atoms with Crippen LogP contribution in [0.2, 0.25) is 0 Å². The van der Waals surface area contributed by atoms with E-state index in [1.54, 1.807) is 0 Å². The molecule has 0 aromatic rings. The molecule has 4 nitrogen and oxygen atoms in total. The van der Waals surface area contributed by atoms with E-state index in [4.69, 9.17) is 9.47 Å². The second kappa shape index (κ2) is 5.64. The summed E-state index contributed by atoms with van der Waals surface area (Å²) in [6.07, 6.45) is 4.59. The van der Waals surface area contributed by atoms with Crippen LogP contribution in [0.4, 0.5) is 0 Å². The molecule has 2 aliphatic rings.